The zero-order valence-electron chi connectivity index (χ0n) is 6.59. The quantitative estimate of drug-likeness (QED) is 0.313. The van der Waals surface area contributed by atoms with Crippen molar-refractivity contribution in [3.8, 4) is 0 Å². The fourth-order valence-corrected chi connectivity index (χ4v) is 0.628. The van der Waals surface area contributed by atoms with Crippen LogP contribution in [0.2, 0.25) is 0 Å². The van der Waals surface area contributed by atoms with Crippen molar-refractivity contribution < 1.29 is 14.3 Å². The molecule has 0 unspecified atom stereocenters. The Morgan fingerprint density at radius 1 is 1.64 bits per heavy atom. The minimum atomic E-state index is -0.392. The number of carbonyl (C=O) groups excluding carboxylic acids is 1. The van der Waals surface area contributed by atoms with E-state index in [-0.39, 0.29) is 0 Å². The lowest BCUT2D eigenvalue weighted by Crippen LogP contribution is -1.99. The normalized spacial score (nSPS) is 11.0. The predicted molar refractivity (Wildman–Crippen MR) is 45.5 cm³/mol. The van der Waals surface area contributed by atoms with Crippen LogP contribution >= 0.6 is 15.9 Å². The van der Waals surface area contributed by atoms with E-state index in [2.05, 4.69) is 20.7 Å². The lowest BCUT2D eigenvalue weighted by Gasteiger charge is -2.01. The van der Waals surface area contributed by atoms with E-state index in [0.717, 1.165) is 5.33 Å². The molecule has 0 aliphatic heterocycles. The lowest BCUT2D eigenvalue weighted by molar-refractivity contribution is -0.135. The second kappa shape index (κ2) is 6.22. The first-order valence-corrected chi connectivity index (χ1v) is 4.28. The SMILES string of the molecule is COC(=O)/C=C(\C)OCCBr. The Balaban J connectivity index is 3.70. The number of rotatable bonds is 4. The third kappa shape index (κ3) is 5.91. The van der Waals surface area contributed by atoms with Crippen LogP contribution in [0.4, 0.5) is 0 Å². The van der Waals surface area contributed by atoms with Crippen LogP contribution in [0.1, 0.15) is 6.92 Å². The van der Waals surface area contributed by atoms with Gasteiger partial charge in [0.1, 0.15) is 5.76 Å². The summed E-state index contributed by atoms with van der Waals surface area (Å²) in [6.45, 7) is 2.26. The first kappa shape index (κ1) is 10.5. The average molecular weight is 223 g/mol. The molecule has 0 aliphatic carbocycles. The molecule has 0 bridgehead atoms. The molecule has 0 heterocycles. The number of alkyl halides is 1. The molecule has 0 N–H and O–H groups in total. The van der Waals surface area contributed by atoms with Gasteiger partial charge >= 0.3 is 5.97 Å². The summed E-state index contributed by atoms with van der Waals surface area (Å²) in [4.78, 5) is 10.6. The van der Waals surface area contributed by atoms with E-state index in [9.17, 15) is 4.79 Å². The molecule has 64 valence electrons. The molecule has 4 heteroatoms. The molecule has 0 rings (SSSR count). The Morgan fingerprint density at radius 3 is 2.73 bits per heavy atom. The standard InChI is InChI=1S/C7H11BrO3/c1-6(11-4-3-8)5-7(9)10-2/h5H,3-4H2,1-2H3/b6-5+. The minimum absolute atomic E-state index is 0.392. The van der Waals surface area contributed by atoms with Gasteiger partial charge in [0.25, 0.3) is 0 Å². The largest absolute Gasteiger partial charge is 0.497 e. The van der Waals surface area contributed by atoms with E-state index in [1.165, 1.54) is 13.2 Å². The fourth-order valence-electron chi connectivity index (χ4n) is 0.466. The maximum absolute atomic E-state index is 10.6. The molecule has 0 fully saturated rings. The molecular weight excluding hydrogens is 212 g/mol. The molecular formula is C7H11BrO3. The Labute approximate surface area is 74.5 Å². The van der Waals surface area contributed by atoms with Gasteiger partial charge in [-0.2, -0.15) is 0 Å². The third-order valence-corrected chi connectivity index (χ3v) is 1.25. The molecule has 0 amide bonds. The number of methoxy groups -OCH3 is 1. The molecule has 0 spiro atoms. The highest BCUT2D eigenvalue weighted by molar-refractivity contribution is 9.09. The maximum atomic E-state index is 10.6. The molecule has 0 radical (unpaired) electrons. The summed E-state index contributed by atoms with van der Waals surface area (Å²) in [6.07, 6.45) is 1.31. The van der Waals surface area contributed by atoms with E-state index >= 15 is 0 Å². The van der Waals surface area contributed by atoms with E-state index in [1.54, 1.807) is 6.92 Å². The van der Waals surface area contributed by atoms with Gasteiger partial charge in [-0.25, -0.2) is 4.79 Å². The van der Waals surface area contributed by atoms with Gasteiger partial charge in [0.05, 0.1) is 19.8 Å². The second-order valence-corrected chi connectivity index (χ2v) is 2.61. The smallest absolute Gasteiger partial charge is 0.333 e. The van der Waals surface area contributed by atoms with Crippen molar-refractivity contribution in [3.63, 3.8) is 0 Å². The van der Waals surface area contributed by atoms with Crippen molar-refractivity contribution in [2.24, 2.45) is 0 Å². The number of carbonyl (C=O) groups is 1. The van der Waals surface area contributed by atoms with Gasteiger partial charge in [-0.3, -0.25) is 0 Å². The Bertz CT molecular complexity index is 154. The van der Waals surface area contributed by atoms with Crippen LogP contribution in [-0.4, -0.2) is 25.0 Å². The molecule has 0 aromatic rings. The number of ether oxygens (including phenoxy) is 2. The maximum Gasteiger partial charge on any atom is 0.333 e. The van der Waals surface area contributed by atoms with E-state index < -0.39 is 5.97 Å². The molecule has 0 aromatic heterocycles. The van der Waals surface area contributed by atoms with Crippen LogP contribution in [0.25, 0.3) is 0 Å². The highest BCUT2D eigenvalue weighted by Crippen LogP contribution is 1.96. The van der Waals surface area contributed by atoms with Gasteiger partial charge in [-0.15, -0.1) is 0 Å². The Kier molecular flexibility index (Phi) is 5.93. The molecule has 0 aromatic carbocycles. The van der Waals surface area contributed by atoms with Crippen molar-refractivity contribution in [1.82, 2.24) is 0 Å². The number of allylic oxidation sites excluding steroid dienone is 1. The van der Waals surface area contributed by atoms with Gasteiger partial charge in [-0.1, -0.05) is 15.9 Å². The number of halogens is 1. The lowest BCUT2D eigenvalue weighted by atomic mass is 10.5. The molecule has 3 nitrogen and oxygen atoms in total. The summed E-state index contributed by atoms with van der Waals surface area (Å²) in [5.74, 6) is 0.174. The summed E-state index contributed by atoms with van der Waals surface area (Å²) in [5, 5.41) is 0.749. The van der Waals surface area contributed by atoms with Gasteiger partial charge in [-0.05, 0) is 6.92 Å². The summed E-state index contributed by atoms with van der Waals surface area (Å²) in [7, 11) is 1.33. The van der Waals surface area contributed by atoms with Crippen LogP contribution in [-0.2, 0) is 14.3 Å². The van der Waals surface area contributed by atoms with Crippen LogP contribution < -0.4 is 0 Å². The van der Waals surface area contributed by atoms with Crippen molar-refractivity contribution >= 4 is 21.9 Å². The monoisotopic (exact) mass is 222 g/mol. The van der Waals surface area contributed by atoms with Gasteiger partial charge in [0.15, 0.2) is 0 Å². The number of hydrogen-bond donors (Lipinski definition) is 0. The molecule has 0 aliphatic rings. The van der Waals surface area contributed by atoms with Crippen LogP contribution in [0, 0.1) is 0 Å². The summed E-state index contributed by atoms with van der Waals surface area (Å²) in [6, 6.07) is 0. The topological polar surface area (TPSA) is 35.5 Å². The van der Waals surface area contributed by atoms with Crippen LogP contribution in [0.3, 0.4) is 0 Å². The molecule has 0 saturated heterocycles. The summed E-state index contributed by atoms with van der Waals surface area (Å²) >= 11 is 3.19. The van der Waals surface area contributed by atoms with Gasteiger partial charge in [0, 0.05) is 5.33 Å². The van der Waals surface area contributed by atoms with Gasteiger partial charge in [0.2, 0.25) is 0 Å². The number of esters is 1. The van der Waals surface area contributed by atoms with Gasteiger partial charge < -0.3 is 9.47 Å². The van der Waals surface area contributed by atoms with E-state index in [1.807, 2.05) is 0 Å². The first-order valence-electron chi connectivity index (χ1n) is 3.15. The zero-order valence-corrected chi connectivity index (χ0v) is 8.18. The Hall–Kier alpha value is -0.510. The van der Waals surface area contributed by atoms with Crippen molar-refractivity contribution in [1.29, 1.82) is 0 Å². The van der Waals surface area contributed by atoms with Crippen LogP contribution in [0.5, 0.6) is 0 Å². The summed E-state index contributed by atoms with van der Waals surface area (Å²) < 4.78 is 9.47. The van der Waals surface area contributed by atoms with Crippen LogP contribution in [0.15, 0.2) is 11.8 Å². The van der Waals surface area contributed by atoms with Crippen molar-refractivity contribution in [2.45, 2.75) is 6.92 Å². The highest BCUT2D eigenvalue weighted by atomic mass is 79.9. The average Bonchev–Trinajstić information content (AvgIpc) is 2.00. The second-order valence-electron chi connectivity index (χ2n) is 1.82. The number of hydrogen-bond acceptors (Lipinski definition) is 3. The third-order valence-electron chi connectivity index (χ3n) is 0.929. The minimum Gasteiger partial charge on any atom is -0.497 e. The van der Waals surface area contributed by atoms with E-state index in [4.69, 9.17) is 4.74 Å². The van der Waals surface area contributed by atoms with Crippen molar-refractivity contribution in [2.75, 3.05) is 19.0 Å². The summed E-state index contributed by atoms with van der Waals surface area (Å²) in [5.41, 5.74) is 0. The molecule has 0 saturated carbocycles. The highest BCUT2D eigenvalue weighted by Gasteiger charge is 1.95. The molecule has 0 atom stereocenters. The Morgan fingerprint density at radius 2 is 2.27 bits per heavy atom. The van der Waals surface area contributed by atoms with E-state index in [0.29, 0.717) is 12.4 Å². The fraction of sp³-hybridized carbons (Fsp3) is 0.571. The van der Waals surface area contributed by atoms with Crippen molar-refractivity contribution in [3.05, 3.63) is 11.8 Å². The zero-order chi connectivity index (χ0) is 8.69. The first-order chi connectivity index (χ1) is 5.20. The predicted octanol–water partition coefficient (Wildman–Crippen LogP) is 1.47. The molecule has 11 heavy (non-hydrogen) atoms.